The number of methoxy groups -OCH3 is 1. The van der Waals surface area contributed by atoms with Crippen molar-refractivity contribution < 1.29 is 17.9 Å². The second-order valence-electron chi connectivity index (χ2n) is 6.25. The number of benzene rings is 2. The van der Waals surface area contributed by atoms with Crippen molar-refractivity contribution in [3.8, 4) is 22.9 Å². The first-order valence-corrected chi connectivity index (χ1v) is 10.4. The molecular weight excluding hydrogens is 378 g/mol. The topological polar surface area (TPSA) is 96.4 Å². The van der Waals surface area contributed by atoms with Crippen LogP contribution >= 0.6 is 0 Å². The predicted octanol–water partition coefficient (Wildman–Crippen LogP) is 3.33. The molecule has 8 heteroatoms. The molecule has 0 aliphatic heterocycles. The highest BCUT2D eigenvalue weighted by molar-refractivity contribution is 7.89. The van der Waals surface area contributed by atoms with Gasteiger partial charge in [-0.3, -0.25) is 0 Å². The standard InChI is InChI=1S/C20H23N3O4S/c1-4-10-23-17-8-7-15(28(21,24)25)13-16(17)22-20(23)14-6-9-18(27-11-5-2)19(12-14)26-3/h5-9,12-13H,2,4,10-11H2,1,3H3,(H2,21,24,25). The van der Waals surface area contributed by atoms with E-state index in [-0.39, 0.29) is 4.90 Å². The van der Waals surface area contributed by atoms with E-state index >= 15 is 0 Å². The van der Waals surface area contributed by atoms with Crippen LogP contribution in [0, 0.1) is 0 Å². The van der Waals surface area contributed by atoms with E-state index < -0.39 is 10.0 Å². The van der Waals surface area contributed by atoms with Gasteiger partial charge in [-0.1, -0.05) is 19.6 Å². The van der Waals surface area contributed by atoms with Gasteiger partial charge in [0.2, 0.25) is 10.0 Å². The summed E-state index contributed by atoms with van der Waals surface area (Å²) < 4.78 is 36.5. The highest BCUT2D eigenvalue weighted by atomic mass is 32.2. The monoisotopic (exact) mass is 401 g/mol. The van der Waals surface area contributed by atoms with Crippen molar-refractivity contribution in [2.45, 2.75) is 24.8 Å². The fourth-order valence-electron chi connectivity index (χ4n) is 3.03. The fraction of sp³-hybridized carbons (Fsp3) is 0.250. The molecule has 0 atom stereocenters. The van der Waals surface area contributed by atoms with Crippen molar-refractivity contribution >= 4 is 21.1 Å². The van der Waals surface area contributed by atoms with Crippen molar-refractivity contribution in [1.82, 2.24) is 9.55 Å². The van der Waals surface area contributed by atoms with Crippen LogP contribution in [0.15, 0.2) is 53.9 Å². The maximum atomic E-state index is 11.7. The van der Waals surface area contributed by atoms with Gasteiger partial charge >= 0.3 is 0 Å². The van der Waals surface area contributed by atoms with E-state index in [1.165, 1.54) is 12.1 Å². The maximum Gasteiger partial charge on any atom is 0.238 e. The first-order chi connectivity index (χ1) is 13.4. The second-order valence-corrected chi connectivity index (χ2v) is 7.81. The van der Waals surface area contributed by atoms with Gasteiger partial charge in [0.05, 0.1) is 23.0 Å². The molecule has 28 heavy (non-hydrogen) atoms. The van der Waals surface area contributed by atoms with Crippen LogP contribution in [-0.4, -0.2) is 31.7 Å². The Labute approximate surface area is 164 Å². The van der Waals surface area contributed by atoms with Gasteiger partial charge in [-0.2, -0.15) is 0 Å². The number of nitrogens with zero attached hydrogens (tertiary/aromatic N) is 2. The maximum absolute atomic E-state index is 11.7. The minimum Gasteiger partial charge on any atom is -0.493 e. The molecule has 148 valence electrons. The van der Waals surface area contributed by atoms with Crippen LogP contribution in [0.5, 0.6) is 11.5 Å². The number of fused-ring (bicyclic) bond motifs is 1. The number of aromatic nitrogens is 2. The summed E-state index contributed by atoms with van der Waals surface area (Å²) in [6, 6.07) is 10.3. The van der Waals surface area contributed by atoms with Crippen LogP contribution in [0.25, 0.3) is 22.4 Å². The molecule has 0 amide bonds. The number of ether oxygens (including phenoxy) is 2. The van der Waals surface area contributed by atoms with Gasteiger partial charge < -0.3 is 14.0 Å². The number of hydrogen-bond acceptors (Lipinski definition) is 5. The summed E-state index contributed by atoms with van der Waals surface area (Å²) in [5.41, 5.74) is 2.25. The molecular formula is C20H23N3O4S. The lowest BCUT2D eigenvalue weighted by atomic mass is 10.2. The Morgan fingerprint density at radius 3 is 2.64 bits per heavy atom. The Hall–Kier alpha value is -2.84. The Morgan fingerprint density at radius 2 is 2.00 bits per heavy atom. The molecule has 3 rings (SSSR count). The molecule has 0 aliphatic rings. The number of aryl methyl sites for hydroxylation is 1. The smallest absolute Gasteiger partial charge is 0.238 e. The average Bonchev–Trinajstić information content (AvgIpc) is 3.03. The molecule has 0 saturated heterocycles. The zero-order valence-corrected chi connectivity index (χ0v) is 16.7. The largest absolute Gasteiger partial charge is 0.493 e. The van der Waals surface area contributed by atoms with Gasteiger partial charge in [0, 0.05) is 12.1 Å². The lowest BCUT2D eigenvalue weighted by molar-refractivity contribution is 0.326. The molecule has 0 unspecified atom stereocenters. The molecule has 0 aliphatic carbocycles. The van der Waals surface area contributed by atoms with Crippen LogP contribution in [0.1, 0.15) is 13.3 Å². The molecule has 3 aromatic rings. The molecule has 1 aromatic heterocycles. The molecule has 2 N–H and O–H groups in total. The van der Waals surface area contributed by atoms with E-state index in [0.717, 1.165) is 29.9 Å². The Morgan fingerprint density at radius 1 is 1.21 bits per heavy atom. The number of rotatable bonds is 8. The minimum absolute atomic E-state index is 0.0402. The first kappa shape index (κ1) is 19.9. The van der Waals surface area contributed by atoms with Crippen LogP contribution in [0.4, 0.5) is 0 Å². The number of nitrogens with two attached hydrogens (primary N) is 1. The van der Waals surface area contributed by atoms with Gasteiger partial charge in [-0.15, -0.1) is 0 Å². The van der Waals surface area contributed by atoms with E-state index in [1.54, 1.807) is 19.3 Å². The number of hydrogen-bond donors (Lipinski definition) is 1. The third kappa shape index (κ3) is 3.88. The summed E-state index contributed by atoms with van der Waals surface area (Å²) in [6.07, 6.45) is 2.56. The number of primary sulfonamides is 1. The number of sulfonamides is 1. The highest BCUT2D eigenvalue weighted by Gasteiger charge is 2.17. The SMILES string of the molecule is C=CCOc1ccc(-c2nc3cc(S(N)(=O)=O)ccc3n2CCC)cc1OC. The summed E-state index contributed by atoms with van der Waals surface area (Å²) in [5.74, 6) is 1.91. The third-order valence-corrected chi connectivity index (χ3v) is 5.18. The third-order valence-electron chi connectivity index (χ3n) is 4.27. The summed E-state index contributed by atoms with van der Waals surface area (Å²) >= 11 is 0. The molecule has 2 aromatic carbocycles. The van der Waals surface area contributed by atoms with Crippen molar-refractivity contribution in [3.05, 3.63) is 49.1 Å². The van der Waals surface area contributed by atoms with Crippen molar-refractivity contribution in [2.24, 2.45) is 5.14 Å². The fourth-order valence-corrected chi connectivity index (χ4v) is 3.57. The Kier molecular flexibility index (Phi) is 5.71. The van der Waals surface area contributed by atoms with Crippen molar-refractivity contribution in [3.63, 3.8) is 0 Å². The Bertz CT molecular complexity index is 1120. The molecule has 0 radical (unpaired) electrons. The van der Waals surface area contributed by atoms with E-state index in [1.807, 2.05) is 18.2 Å². The van der Waals surface area contributed by atoms with Gasteiger partial charge in [-0.05, 0) is 42.8 Å². The van der Waals surface area contributed by atoms with Crippen LogP contribution < -0.4 is 14.6 Å². The predicted molar refractivity (Wildman–Crippen MR) is 109 cm³/mol. The van der Waals surface area contributed by atoms with E-state index in [9.17, 15) is 8.42 Å². The zero-order chi connectivity index (χ0) is 20.3. The molecule has 0 saturated carbocycles. The minimum atomic E-state index is -3.79. The van der Waals surface area contributed by atoms with Crippen LogP contribution in [-0.2, 0) is 16.6 Å². The van der Waals surface area contributed by atoms with Gasteiger partial charge in [0.15, 0.2) is 11.5 Å². The van der Waals surface area contributed by atoms with E-state index in [4.69, 9.17) is 14.6 Å². The average molecular weight is 401 g/mol. The molecule has 7 nitrogen and oxygen atoms in total. The van der Waals surface area contributed by atoms with Gasteiger partial charge in [0.25, 0.3) is 0 Å². The first-order valence-electron chi connectivity index (χ1n) is 8.84. The summed E-state index contributed by atoms with van der Waals surface area (Å²) in [4.78, 5) is 4.71. The molecule has 0 bridgehead atoms. The summed E-state index contributed by atoms with van der Waals surface area (Å²) in [6.45, 7) is 6.83. The van der Waals surface area contributed by atoms with Crippen LogP contribution in [0.3, 0.4) is 0 Å². The van der Waals surface area contributed by atoms with Crippen molar-refractivity contribution in [2.75, 3.05) is 13.7 Å². The highest BCUT2D eigenvalue weighted by Crippen LogP contribution is 2.34. The Balaban J connectivity index is 2.16. The quantitative estimate of drug-likeness (QED) is 0.584. The van der Waals surface area contributed by atoms with E-state index in [0.29, 0.717) is 23.6 Å². The van der Waals surface area contributed by atoms with Crippen LogP contribution in [0.2, 0.25) is 0 Å². The second kappa shape index (κ2) is 8.04. The normalized spacial score (nSPS) is 11.5. The zero-order valence-electron chi connectivity index (χ0n) is 15.9. The summed E-state index contributed by atoms with van der Waals surface area (Å²) in [5, 5.41) is 5.26. The summed E-state index contributed by atoms with van der Waals surface area (Å²) in [7, 11) is -2.22. The van der Waals surface area contributed by atoms with Gasteiger partial charge in [0.1, 0.15) is 12.4 Å². The molecule has 0 fully saturated rings. The molecule has 1 heterocycles. The van der Waals surface area contributed by atoms with Gasteiger partial charge in [-0.25, -0.2) is 18.5 Å². The lowest BCUT2D eigenvalue weighted by Gasteiger charge is -2.12. The van der Waals surface area contributed by atoms with Crippen molar-refractivity contribution in [1.29, 1.82) is 0 Å². The number of imidazole rings is 1. The molecule has 0 spiro atoms. The van der Waals surface area contributed by atoms with E-state index in [2.05, 4.69) is 23.1 Å². The lowest BCUT2D eigenvalue weighted by Crippen LogP contribution is -2.11.